The standard InChI is InChI=1S/C16H16O2/c1-2-3-8-16(17)18-12-13-9-10-14-6-4-5-7-15(14)11-13/h2,4-7,9-11H,1,3,8,12H2. The number of hydrogen-bond donors (Lipinski definition) is 0. The second-order valence-corrected chi connectivity index (χ2v) is 4.17. The van der Waals surface area contributed by atoms with Gasteiger partial charge in [0.05, 0.1) is 0 Å². The number of carbonyl (C=O) groups excluding carboxylic acids is 1. The first-order valence-corrected chi connectivity index (χ1v) is 6.04. The predicted octanol–water partition coefficient (Wildman–Crippen LogP) is 3.85. The van der Waals surface area contributed by atoms with Crippen molar-refractivity contribution in [3.63, 3.8) is 0 Å². The average molecular weight is 240 g/mol. The summed E-state index contributed by atoms with van der Waals surface area (Å²) in [6.45, 7) is 3.91. The quantitative estimate of drug-likeness (QED) is 0.586. The summed E-state index contributed by atoms with van der Waals surface area (Å²) in [6.07, 6.45) is 2.78. The van der Waals surface area contributed by atoms with Gasteiger partial charge in [-0.05, 0) is 28.8 Å². The van der Waals surface area contributed by atoms with E-state index in [1.54, 1.807) is 6.08 Å². The van der Waals surface area contributed by atoms with Gasteiger partial charge in [-0.3, -0.25) is 4.79 Å². The summed E-state index contributed by atoms with van der Waals surface area (Å²) in [7, 11) is 0. The summed E-state index contributed by atoms with van der Waals surface area (Å²) < 4.78 is 5.19. The summed E-state index contributed by atoms with van der Waals surface area (Å²) >= 11 is 0. The van der Waals surface area contributed by atoms with Crippen molar-refractivity contribution in [2.45, 2.75) is 19.4 Å². The van der Waals surface area contributed by atoms with Crippen molar-refractivity contribution < 1.29 is 9.53 Å². The van der Waals surface area contributed by atoms with Crippen molar-refractivity contribution in [3.8, 4) is 0 Å². The fraction of sp³-hybridized carbons (Fsp3) is 0.188. The topological polar surface area (TPSA) is 26.3 Å². The average Bonchev–Trinajstić information content (AvgIpc) is 2.42. The molecular weight excluding hydrogens is 224 g/mol. The summed E-state index contributed by atoms with van der Waals surface area (Å²) in [5.41, 5.74) is 1.01. The van der Waals surface area contributed by atoms with Crippen LogP contribution in [0.2, 0.25) is 0 Å². The zero-order chi connectivity index (χ0) is 12.8. The number of esters is 1. The minimum atomic E-state index is -0.178. The second-order valence-electron chi connectivity index (χ2n) is 4.17. The first kappa shape index (κ1) is 12.4. The molecule has 0 aliphatic heterocycles. The fourth-order valence-corrected chi connectivity index (χ4v) is 1.78. The van der Waals surface area contributed by atoms with Crippen molar-refractivity contribution in [2.24, 2.45) is 0 Å². The molecule has 0 amide bonds. The number of ether oxygens (including phenoxy) is 1. The molecule has 0 aliphatic rings. The molecule has 0 aromatic heterocycles. The number of allylic oxidation sites excluding steroid dienone is 1. The van der Waals surface area contributed by atoms with Crippen molar-refractivity contribution >= 4 is 16.7 Å². The Bertz CT molecular complexity index is 558. The van der Waals surface area contributed by atoms with E-state index in [1.165, 1.54) is 5.39 Å². The molecule has 0 aliphatic carbocycles. The van der Waals surface area contributed by atoms with E-state index >= 15 is 0 Å². The van der Waals surface area contributed by atoms with E-state index in [2.05, 4.69) is 24.8 Å². The third-order valence-electron chi connectivity index (χ3n) is 2.77. The molecule has 2 heteroatoms. The Morgan fingerprint density at radius 2 is 1.94 bits per heavy atom. The minimum Gasteiger partial charge on any atom is -0.461 e. The van der Waals surface area contributed by atoms with Gasteiger partial charge >= 0.3 is 5.97 Å². The molecule has 2 aromatic carbocycles. The summed E-state index contributed by atoms with van der Waals surface area (Å²) in [5, 5.41) is 2.36. The summed E-state index contributed by atoms with van der Waals surface area (Å²) in [4.78, 5) is 11.4. The van der Waals surface area contributed by atoms with Crippen LogP contribution in [0, 0.1) is 0 Å². The van der Waals surface area contributed by atoms with Crippen molar-refractivity contribution in [2.75, 3.05) is 0 Å². The molecule has 18 heavy (non-hydrogen) atoms. The zero-order valence-corrected chi connectivity index (χ0v) is 10.3. The largest absolute Gasteiger partial charge is 0.461 e. The van der Waals surface area contributed by atoms with E-state index in [0.717, 1.165) is 10.9 Å². The Kier molecular flexibility index (Phi) is 4.13. The van der Waals surface area contributed by atoms with Gasteiger partial charge in [-0.2, -0.15) is 0 Å². The molecule has 2 nitrogen and oxygen atoms in total. The lowest BCUT2D eigenvalue weighted by atomic mass is 10.1. The van der Waals surface area contributed by atoms with Crippen molar-refractivity contribution in [1.29, 1.82) is 0 Å². The van der Waals surface area contributed by atoms with E-state index < -0.39 is 0 Å². The molecule has 92 valence electrons. The highest BCUT2D eigenvalue weighted by Gasteiger charge is 2.02. The predicted molar refractivity (Wildman–Crippen MR) is 73.2 cm³/mol. The Hall–Kier alpha value is -2.09. The van der Waals surface area contributed by atoms with Gasteiger partial charge in [0.15, 0.2) is 0 Å². The molecule has 0 atom stereocenters. The van der Waals surface area contributed by atoms with Crippen LogP contribution in [0.5, 0.6) is 0 Å². The molecule has 2 rings (SSSR count). The second kappa shape index (κ2) is 6.01. The first-order valence-electron chi connectivity index (χ1n) is 6.04. The molecule has 0 fully saturated rings. The number of hydrogen-bond acceptors (Lipinski definition) is 2. The molecule has 2 aromatic rings. The normalized spacial score (nSPS) is 10.2. The maximum Gasteiger partial charge on any atom is 0.306 e. The molecule has 0 radical (unpaired) electrons. The monoisotopic (exact) mass is 240 g/mol. The minimum absolute atomic E-state index is 0.178. The fourth-order valence-electron chi connectivity index (χ4n) is 1.78. The smallest absolute Gasteiger partial charge is 0.306 e. The highest BCUT2D eigenvalue weighted by atomic mass is 16.5. The molecule has 0 unspecified atom stereocenters. The highest BCUT2D eigenvalue weighted by molar-refractivity contribution is 5.83. The van der Waals surface area contributed by atoms with Gasteiger partial charge in [0.25, 0.3) is 0 Å². The van der Waals surface area contributed by atoms with Crippen LogP contribution >= 0.6 is 0 Å². The third-order valence-corrected chi connectivity index (χ3v) is 2.77. The lowest BCUT2D eigenvalue weighted by Crippen LogP contribution is -2.03. The molecule has 0 saturated carbocycles. The van der Waals surface area contributed by atoms with Crippen LogP contribution in [-0.4, -0.2) is 5.97 Å². The number of fused-ring (bicyclic) bond motifs is 1. The van der Waals surface area contributed by atoms with Gasteiger partial charge in [-0.25, -0.2) is 0 Å². The molecular formula is C16H16O2. The van der Waals surface area contributed by atoms with Gasteiger partial charge in [0.2, 0.25) is 0 Å². The van der Waals surface area contributed by atoms with Crippen molar-refractivity contribution in [3.05, 3.63) is 60.7 Å². The number of carbonyl (C=O) groups is 1. The number of rotatable bonds is 5. The Balaban J connectivity index is 1.99. The van der Waals surface area contributed by atoms with Gasteiger partial charge in [-0.15, -0.1) is 6.58 Å². The van der Waals surface area contributed by atoms with Gasteiger partial charge in [0, 0.05) is 6.42 Å². The van der Waals surface area contributed by atoms with Gasteiger partial charge in [0.1, 0.15) is 6.61 Å². The molecule has 0 bridgehead atoms. The maximum atomic E-state index is 11.4. The van der Waals surface area contributed by atoms with Gasteiger partial charge in [-0.1, -0.05) is 42.5 Å². The van der Waals surface area contributed by atoms with Crippen LogP contribution in [0.3, 0.4) is 0 Å². The summed E-state index contributed by atoms with van der Waals surface area (Å²) in [5.74, 6) is -0.178. The van der Waals surface area contributed by atoms with Crippen LogP contribution in [0.4, 0.5) is 0 Å². The SMILES string of the molecule is C=CCCC(=O)OCc1ccc2ccccc2c1. The van der Waals surface area contributed by atoms with Crippen molar-refractivity contribution in [1.82, 2.24) is 0 Å². The Morgan fingerprint density at radius 3 is 2.72 bits per heavy atom. The highest BCUT2D eigenvalue weighted by Crippen LogP contribution is 2.16. The summed E-state index contributed by atoms with van der Waals surface area (Å²) in [6, 6.07) is 14.2. The molecule has 0 saturated heterocycles. The van der Waals surface area contributed by atoms with E-state index in [9.17, 15) is 4.79 Å². The molecule has 0 heterocycles. The van der Waals surface area contributed by atoms with Crippen LogP contribution in [-0.2, 0) is 16.1 Å². The van der Waals surface area contributed by atoms with Crippen LogP contribution in [0.25, 0.3) is 10.8 Å². The lowest BCUT2D eigenvalue weighted by molar-refractivity contribution is -0.144. The third kappa shape index (κ3) is 3.20. The lowest BCUT2D eigenvalue weighted by Gasteiger charge is -2.05. The van der Waals surface area contributed by atoms with E-state index in [4.69, 9.17) is 4.74 Å². The van der Waals surface area contributed by atoms with E-state index in [1.807, 2.05) is 24.3 Å². The Morgan fingerprint density at radius 1 is 1.17 bits per heavy atom. The maximum absolute atomic E-state index is 11.4. The zero-order valence-electron chi connectivity index (χ0n) is 10.3. The van der Waals surface area contributed by atoms with E-state index in [-0.39, 0.29) is 5.97 Å². The van der Waals surface area contributed by atoms with Crippen LogP contribution < -0.4 is 0 Å². The number of benzene rings is 2. The Labute approximate surface area is 107 Å². The van der Waals surface area contributed by atoms with Crippen LogP contribution in [0.1, 0.15) is 18.4 Å². The van der Waals surface area contributed by atoms with Crippen LogP contribution in [0.15, 0.2) is 55.1 Å². The molecule has 0 N–H and O–H groups in total. The first-order chi connectivity index (χ1) is 8.79. The van der Waals surface area contributed by atoms with Gasteiger partial charge < -0.3 is 4.74 Å². The van der Waals surface area contributed by atoms with E-state index in [0.29, 0.717) is 19.4 Å². The molecule has 0 spiro atoms.